The van der Waals surface area contributed by atoms with Crippen molar-refractivity contribution >= 4 is 16.7 Å². The Morgan fingerprint density at radius 2 is 1.39 bits per heavy atom. The summed E-state index contributed by atoms with van der Waals surface area (Å²) in [6.07, 6.45) is 3.88. The summed E-state index contributed by atoms with van der Waals surface area (Å²) in [6, 6.07) is 31.0. The summed E-state index contributed by atoms with van der Waals surface area (Å²) in [6.45, 7) is 7.03. The van der Waals surface area contributed by atoms with E-state index >= 15 is 0 Å². The van der Waals surface area contributed by atoms with Gasteiger partial charge >= 0.3 is 0 Å². The van der Waals surface area contributed by atoms with Crippen LogP contribution in [0.5, 0.6) is 0 Å². The van der Waals surface area contributed by atoms with Gasteiger partial charge in [0, 0.05) is 52.7 Å². The van der Waals surface area contributed by atoms with Gasteiger partial charge in [0.2, 0.25) is 0 Å². The van der Waals surface area contributed by atoms with Crippen molar-refractivity contribution in [1.29, 1.82) is 0 Å². The second kappa shape index (κ2) is 10.4. The number of aryl methyl sites for hydroxylation is 1. The molecule has 1 aromatic heterocycles. The van der Waals surface area contributed by atoms with Crippen LogP contribution >= 0.6 is 0 Å². The van der Waals surface area contributed by atoms with E-state index in [1.165, 1.54) is 55.1 Å². The summed E-state index contributed by atoms with van der Waals surface area (Å²) >= 11 is 0. The van der Waals surface area contributed by atoms with Crippen LogP contribution in [0.3, 0.4) is 0 Å². The van der Waals surface area contributed by atoms with Gasteiger partial charge in [-0.3, -0.25) is 4.79 Å². The first-order chi connectivity index (χ1) is 17.8. The van der Waals surface area contributed by atoms with E-state index in [-0.39, 0.29) is 0 Å². The smallest absolute Gasteiger partial charge is 0.165 e. The fraction of sp³-hybridized carbons (Fsp3) is 0.344. The molecular formula is C32H37N3O+2. The van der Waals surface area contributed by atoms with Crippen LogP contribution in [0, 0.1) is 0 Å². The molecule has 0 spiro atoms. The number of ketones is 1. The normalized spacial score (nSPS) is 20.1. The minimum Gasteiger partial charge on any atom is -0.344 e. The van der Waals surface area contributed by atoms with Crippen LogP contribution in [0.1, 0.15) is 52.5 Å². The van der Waals surface area contributed by atoms with Crippen LogP contribution in [-0.2, 0) is 13.0 Å². The molecule has 0 bridgehead atoms. The van der Waals surface area contributed by atoms with Crippen LogP contribution in [0.2, 0.25) is 0 Å². The number of para-hydroxylation sites is 1. The molecule has 184 valence electrons. The minimum atomic E-state index is 0.335. The Morgan fingerprint density at radius 1 is 0.750 bits per heavy atom. The molecule has 4 aromatic rings. The van der Waals surface area contributed by atoms with Crippen LogP contribution in [0.15, 0.2) is 84.9 Å². The Bertz CT molecular complexity index is 1280. The maximum absolute atomic E-state index is 12.7. The summed E-state index contributed by atoms with van der Waals surface area (Å²) in [7, 11) is 0. The zero-order valence-electron chi connectivity index (χ0n) is 21.1. The van der Waals surface area contributed by atoms with Crippen LogP contribution in [0.4, 0.5) is 0 Å². The summed E-state index contributed by atoms with van der Waals surface area (Å²) in [5.74, 6) is 0.335. The number of nitrogens with one attached hydrogen (secondary N) is 2. The molecule has 2 aliphatic rings. The first-order valence-electron chi connectivity index (χ1n) is 13.7. The summed E-state index contributed by atoms with van der Waals surface area (Å²) in [5, 5.41) is 1.16. The molecule has 2 heterocycles. The van der Waals surface area contributed by atoms with Crippen molar-refractivity contribution in [1.82, 2.24) is 4.57 Å². The molecule has 3 aromatic carbocycles. The zero-order chi connectivity index (χ0) is 24.3. The van der Waals surface area contributed by atoms with Gasteiger partial charge in [-0.25, -0.2) is 0 Å². The van der Waals surface area contributed by atoms with Gasteiger partial charge in [-0.05, 0) is 18.9 Å². The van der Waals surface area contributed by atoms with Crippen LogP contribution in [0.25, 0.3) is 10.9 Å². The molecule has 1 aliphatic carbocycles. The molecular weight excluding hydrogens is 442 g/mol. The van der Waals surface area contributed by atoms with Gasteiger partial charge in [-0.2, -0.15) is 0 Å². The molecule has 0 amide bonds. The average Bonchev–Trinajstić information content (AvgIpc) is 3.26. The van der Waals surface area contributed by atoms with Crippen molar-refractivity contribution in [3.63, 3.8) is 0 Å². The van der Waals surface area contributed by atoms with E-state index < -0.39 is 0 Å². The molecule has 2 N–H and O–H groups in total. The molecule has 4 heteroatoms. The highest BCUT2D eigenvalue weighted by atomic mass is 16.1. The van der Waals surface area contributed by atoms with Crippen molar-refractivity contribution in [3.05, 3.63) is 107 Å². The lowest BCUT2D eigenvalue weighted by Gasteiger charge is -2.35. The Morgan fingerprint density at radius 3 is 2.08 bits per heavy atom. The molecule has 1 aliphatic heterocycles. The fourth-order valence-electron chi connectivity index (χ4n) is 6.63. The summed E-state index contributed by atoms with van der Waals surface area (Å²) < 4.78 is 2.46. The van der Waals surface area contributed by atoms with Crippen molar-refractivity contribution in [2.24, 2.45) is 0 Å². The number of nitrogens with zero attached hydrogens (tertiary/aromatic N) is 1. The average molecular weight is 480 g/mol. The lowest BCUT2D eigenvalue weighted by atomic mass is 9.94. The lowest BCUT2D eigenvalue weighted by molar-refractivity contribution is -1.02. The van der Waals surface area contributed by atoms with Gasteiger partial charge in [-0.15, -0.1) is 0 Å². The van der Waals surface area contributed by atoms with Gasteiger partial charge < -0.3 is 14.4 Å². The monoisotopic (exact) mass is 479 g/mol. The van der Waals surface area contributed by atoms with Gasteiger partial charge in [-0.1, -0.05) is 78.9 Å². The number of carbonyl (C=O) groups is 1. The predicted molar refractivity (Wildman–Crippen MR) is 145 cm³/mol. The number of hydrogen-bond acceptors (Lipinski definition) is 1. The second-order valence-corrected chi connectivity index (χ2v) is 10.5. The Hall–Kier alpha value is -3.21. The summed E-state index contributed by atoms with van der Waals surface area (Å²) in [5.41, 5.74) is 6.37. The number of aromatic nitrogens is 1. The highest BCUT2D eigenvalue weighted by Gasteiger charge is 2.32. The Balaban J connectivity index is 1.11. The number of carbonyl (C=O) groups excluding carboxylic acids is 1. The Kier molecular flexibility index (Phi) is 6.71. The fourth-order valence-corrected chi connectivity index (χ4v) is 6.63. The quantitative estimate of drug-likeness (QED) is 0.419. The maximum Gasteiger partial charge on any atom is 0.165 e. The Labute approximate surface area is 214 Å². The molecule has 6 rings (SSSR count). The second-order valence-electron chi connectivity index (χ2n) is 10.5. The largest absolute Gasteiger partial charge is 0.344 e. The first-order valence-corrected chi connectivity index (χ1v) is 13.7. The number of hydrogen-bond donors (Lipinski definition) is 2. The number of quaternary nitrogens is 2. The highest BCUT2D eigenvalue weighted by molar-refractivity contribution is 6.10. The number of rotatable bonds is 7. The van der Waals surface area contributed by atoms with E-state index in [1.54, 1.807) is 9.80 Å². The standard InChI is InChI=1S/C32H35N3O/c36-30-18-9-17-29-31(30)27-15-7-8-16-28(27)35(29)20-10-19-33-21-23-34(24-22-33)32(25-11-3-1-4-12-25)26-13-5-2-6-14-26/h1-8,11-16,32H,9-10,17-24H2/p+2. The van der Waals surface area contributed by atoms with Crippen LogP contribution in [-0.4, -0.2) is 43.1 Å². The van der Waals surface area contributed by atoms with Crippen LogP contribution < -0.4 is 9.80 Å². The highest BCUT2D eigenvalue weighted by Crippen LogP contribution is 2.32. The van der Waals surface area contributed by atoms with E-state index in [0.29, 0.717) is 18.2 Å². The first kappa shape index (κ1) is 23.2. The summed E-state index contributed by atoms with van der Waals surface area (Å²) in [4.78, 5) is 16.1. The molecule has 0 radical (unpaired) electrons. The molecule has 4 nitrogen and oxygen atoms in total. The number of fused-ring (bicyclic) bond motifs is 3. The van der Waals surface area contributed by atoms with Crippen molar-refractivity contribution in [2.45, 2.75) is 38.3 Å². The van der Waals surface area contributed by atoms with Gasteiger partial charge in [0.05, 0.1) is 6.54 Å². The SMILES string of the molecule is O=C1CCCc2c1c1ccccc1n2CCC[NH+]1CC[NH+](C(c2ccccc2)c2ccccc2)CC1. The molecule has 0 unspecified atom stereocenters. The lowest BCUT2D eigenvalue weighted by Crippen LogP contribution is -3.28. The minimum absolute atomic E-state index is 0.335. The number of Topliss-reactive ketones (excluding diaryl/α,β-unsaturated/α-hetero) is 1. The molecule has 1 saturated heterocycles. The van der Waals surface area contributed by atoms with E-state index in [9.17, 15) is 4.79 Å². The van der Waals surface area contributed by atoms with Crippen molar-refractivity contribution in [2.75, 3.05) is 32.7 Å². The topological polar surface area (TPSA) is 30.9 Å². The van der Waals surface area contributed by atoms with Gasteiger partial charge in [0.25, 0.3) is 0 Å². The predicted octanol–water partition coefficient (Wildman–Crippen LogP) is 3.12. The number of benzene rings is 3. The van der Waals surface area contributed by atoms with E-state index in [2.05, 4.69) is 89.5 Å². The van der Waals surface area contributed by atoms with E-state index in [0.717, 1.165) is 36.8 Å². The van der Waals surface area contributed by atoms with Gasteiger partial charge in [0.1, 0.15) is 32.2 Å². The molecule has 0 atom stereocenters. The third kappa shape index (κ3) is 4.52. The van der Waals surface area contributed by atoms with Gasteiger partial charge in [0.15, 0.2) is 5.78 Å². The molecule has 36 heavy (non-hydrogen) atoms. The zero-order valence-corrected chi connectivity index (χ0v) is 21.1. The van der Waals surface area contributed by atoms with Crippen molar-refractivity contribution < 1.29 is 14.6 Å². The van der Waals surface area contributed by atoms with Crippen molar-refractivity contribution in [3.8, 4) is 0 Å². The number of piperazine rings is 1. The van der Waals surface area contributed by atoms with E-state index in [1.807, 2.05) is 0 Å². The third-order valence-electron chi connectivity index (χ3n) is 8.36. The molecule has 1 fully saturated rings. The third-order valence-corrected chi connectivity index (χ3v) is 8.36. The maximum atomic E-state index is 12.7. The molecule has 0 saturated carbocycles. The van der Waals surface area contributed by atoms with E-state index in [4.69, 9.17) is 0 Å².